The molecule has 1 unspecified atom stereocenters. The molecule has 11 heavy (non-hydrogen) atoms. The molecule has 0 saturated heterocycles. The van der Waals surface area contributed by atoms with Gasteiger partial charge in [0.15, 0.2) is 0 Å². The highest BCUT2D eigenvalue weighted by molar-refractivity contribution is 5.75. The Morgan fingerprint density at radius 3 is 2.55 bits per heavy atom. The van der Waals surface area contributed by atoms with E-state index in [1.165, 1.54) is 0 Å². The summed E-state index contributed by atoms with van der Waals surface area (Å²) >= 11 is 0. The maximum atomic E-state index is 11.1. The molecule has 0 bridgehead atoms. The molecule has 4 nitrogen and oxygen atoms in total. The number of rotatable bonds is 0. The highest BCUT2D eigenvalue weighted by Gasteiger charge is 2.23. The lowest BCUT2D eigenvalue weighted by Crippen LogP contribution is -2.42. The van der Waals surface area contributed by atoms with E-state index in [4.69, 9.17) is 0 Å². The second kappa shape index (κ2) is 2.82. The topological polar surface area (TPSA) is 35.6 Å². The molecular formula is C7H13N3O. The number of nitrogens with zero attached hydrogens (tertiary/aromatic N) is 2. The number of nitrogens with one attached hydrogen (secondary N) is 1. The maximum Gasteiger partial charge on any atom is 0.322 e. The zero-order valence-corrected chi connectivity index (χ0v) is 7.03. The van der Waals surface area contributed by atoms with E-state index >= 15 is 0 Å². The van der Waals surface area contributed by atoms with Gasteiger partial charge in [0.25, 0.3) is 0 Å². The highest BCUT2D eigenvalue weighted by atomic mass is 16.2. The summed E-state index contributed by atoms with van der Waals surface area (Å²) in [4.78, 5) is 14.7. The third-order valence-electron chi connectivity index (χ3n) is 1.90. The Morgan fingerprint density at radius 1 is 1.55 bits per heavy atom. The van der Waals surface area contributed by atoms with Crippen molar-refractivity contribution in [2.75, 3.05) is 14.1 Å². The second-order valence-electron chi connectivity index (χ2n) is 2.56. The number of carbonyl (C=O) groups is 1. The summed E-state index contributed by atoms with van der Waals surface area (Å²) in [6, 6.07) is -0.0712. The zero-order chi connectivity index (χ0) is 8.43. The van der Waals surface area contributed by atoms with Crippen LogP contribution in [0.5, 0.6) is 0 Å². The summed E-state index contributed by atoms with van der Waals surface area (Å²) in [5, 5.41) is 2.57. The van der Waals surface area contributed by atoms with E-state index < -0.39 is 0 Å². The first-order valence-electron chi connectivity index (χ1n) is 3.57. The van der Waals surface area contributed by atoms with Gasteiger partial charge >= 0.3 is 6.03 Å². The third kappa shape index (κ3) is 1.29. The van der Waals surface area contributed by atoms with Crippen LogP contribution in [0.25, 0.3) is 0 Å². The van der Waals surface area contributed by atoms with Crippen molar-refractivity contribution >= 4 is 6.03 Å². The van der Waals surface area contributed by atoms with Gasteiger partial charge in [0.1, 0.15) is 6.17 Å². The molecule has 62 valence electrons. The molecule has 2 amide bonds. The van der Waals surface area contributed by atoms with Crippen molar-refractivity contribution in [3.63, 3.8) is 0 Å². The second-order valence-corrected chi connectivity index (χ2v) is 2.56. The predicted octanol–water partition coefficient (Wildman–Crippen LogP) is 0.390. The van der Waals surface area contributed by atoms with Gasteiger partial charge in [-0.25, -0.2) is 4.79 Å². The van der Waals surface area contributed by atoms with Gasteiger partial charge in [-0.1, -0.05) is 0 Å². The number of amides is 2. The predicted molar refractivity (Wildman–Crippen MR) is 42.7 cm³/mol. The minimum absolute atomic E-state index is 0.0712. The van der Waals surface area contributed by atoms with E-state index in [0.29, 0.717) is 0 Å². The Labute approximate surface area is 66.5 Å². The van der Waals surface area contributed by atoms with Crippen molar-refractivity contribution in [3.05, 3.63) is 12.4 Å². The molecule has 1 N–H and O–H groups in total. The molecule has 1 aliphatic heterocycles. The fourth-order valence-corrected chi connectivity index (χ4v) is 0.989. The number of hydrogen-bond acceptors (Lipinski definition) is 2. The number of urea groups is 1. The molecule has 0 fully saturated rings. The molecule has 1 atom stereocenters. The van der Waals surface area contributed by atoms with Crippen LogP contribution in [0.15, 0.2) is 12.4 Å². The Kier molecular flexibility index (Phi) is 2.03. The quantitative estimate of drug-likeness (QED) is 0.549. The van der Waals surface area contributed by atoms with Crippen LogP contribution < -0.4 is 5.32 Å². The Hall–Kier alpha value is -1.19. The Morgan fingerprint density at radius 2 is 2.18 bits per heavy atom. The number of carbonyl (C=O) groups excluding carboxylic acids is 1. The minimum atomic E-state index is -0.0712. The lowest BCUT2D eigenvalue weighted by atomic mass is 10.5. The molecule has 1 aliphatic rings. The van der Waals surface area contributed by atoms with Crippen molar-refractivity contribution in [3.8, 4) is 0 Å². The largest absolute Gasteiger partial charge is 0.359 e. The van der Waals surface area contributed by atoms with Crippen LogP contribution in [0, 0.1) is 0 Å². The fraction of sp³-hybridized carbons (Fsp3) is 0.571. The molecule has 0 radical (unpaired) electrons. The smallest absolute Gasteiger partial charge is 0.322 e. The normalized spacial score (nSPS) is 22.6. The van der Waals surface area contributed by atoms with Gasteiger partial charge in [-0.3, -0.25) is 4.90 Å². The summed E-state index contributed by atoms with van der Waals surface area (Å²) < 4.78 is 0. The van der Waals surface area contributed by atoms with E-state index in [0.717, 1.165) is 0 Å². The molecule has 0 spiro atoms. The van der Waals surface area contributed by atoms with Crippen LogP contribution in [0.2, 0.25) is 0 Å². The molecule has 0 aliphatic carbocycles. The fourth-order valence-electron chi connectivity index (χ4n) is 0.989. The van der Waals surface area contributed by atoms with Gasteiger partial charge in [0, 0.05) is 26.5 Å². The lowest BCUT2D eigenvalue weighted by Gasteiger charge is -2.24. The van der Waals surface area contributed by atoms with E-state index in [9.17, 15) is 4.79 Å². The van der Waals surface area contributed by atoms with Gasteiger partial charge in [-0.05, 0) is 6.92 Å². The van der Waals surface area contributed by atoms with Crippen LogP contribution in [-0.4, -0.2) is 36.1 Å². The zero-order valence-electron chi connectivity index (χ0n) is 7.03. The van der Waals surface area contributed by atoms with Crippen LogP contribution in [0.1, 0.15) is 6.92 Å². The summed E-state index contributed by atoms with van der Waals surface area (Å²) in [5.74, 6) is 0. The van der Waals surface area contributed by atoms with E-state index in [1.54, 1.807) is 18.1 Å². The SMILES string of the molecule is CNC(=O)N1C=CN(C)C1C. The molecule has 0 saturated carbocycles. The molecule has 1 heterocycles. The van der Waals surface area contributed by atoms with Gasteiger partial charge in [0.05, 0.1) is 0 Å². The van der Waals surface area contributed by atoms with Crippen molar-refractivity contribution in [1.82, 2.24) is 15.1 Å². The molecule has 0 aromatic heterocycles. The molecule has 0 aromatic rings. The van der Waals surface area contributed by atoms with E-state index in [-0.39, 0.29) is 12.2 Å². The van der Waals surface area contributed by atoms with Crippen molar-refractivity contribution in [2.45, 2.75) is 13.1 Å². The molecule has 4 heteroatoms. The Balaban J connectivity index is 2.62. The average Bonchev–Trinajstić information content (AvgIpc) is 2.32. The maximum absolute atomic E-state index is 11.1. The lowest BCUT2D eigenvalue weighted by molar-refractivity contribution is 0.178. The first-order chi connectivity index (χ1) is 5.16. The minimum Gasteiger partial charge on any atom is -0.359 e. The molecular weight excluding hydrogens is 142 g/mol. The first kappa shape index (κ1) is 7.91. The summed E-state index contributed by atoms with van der Waals surface area (Å²) in [5.41, 5.74) is 0. The first-order valence-corrected chi connectivity index (χ1v) is 3.57. The summed E-state index contributed by atoms with van der Waals surface area (Å²) in [7, 11) is 3.56. The average molecular weight is 155 g/mol. The van der Waals surface area contributed by atoms with E-state index in [1.807, 2.05) is 25.1 Å². The van der Waals surface area contributed by atoms with Crippen LogP contribution in [-0.2, 0) is 0 Å². The van der Waals surface area contributed by atoms with Crippen molar-refractivity contribution in [1.29, 1.82) is 0 Å². The summed E-state index contributed by atoms with van der Waals surface area (Å²) in [6.07, 6.45) is 3.76. The van der Waals surface area contributed by atoms with E-state index in [2.05, 4.69) is 5.32 Å². The third-order valence-corrected chi connectivity index (χ3v) is 1.90. The van der Waals surface area contributed by atoms with Crippen LogP contribution >= 0.6 is 0 Å². The van der Waals surface area contributed by atoms with Gasteiger partial charge in [-0.15, -0.1) is 0 Å². The van der Waals surface area contributed by atoms with Crippen molar-refractivity contribution in [2.24, 2.45) is 0 Å². The molecule has 1 rings (SSSR count). The van der Waals surface area contributed by atoms with Gasteiger partial charge < -0.3 is 10.2 Å². The Bertz CT molecular complexity index is 190. The standard InChI is InChI=1S/C7H13N3O/c1-6-9(3)4-5-10(6)7(11)8-2/h4-6H,1-3H3,(H,8,11). The molecule has 0 aromatic carbocycles. The van der Waals surface area contributed by atoms with Crippen LogP contribution in [0.4, 0.5) is 4.79 Å². The van der Waals surface area contributed by atoms with Crippen molar-refractivity contribution < 1.29 is 4.79 Å². The monoisotopic (exact) mass is 155 g/mol. The van der Waals surface area contributed by atoms with Crippen LogP contribution in [0.3, 0.4) is 0 Å². The summed E-state index contributed by atoms with van der Waals surface area (Å²) in [6.45, 7) is 1.97. The van der Waals surface area contributed by atoms with Gasteiger partial charge in [0.2, 0.25) is 0 Å². The number of hydrogen-bond donors (Lipinski definition) is 1. The van der Waals surface area contributed by atoms with Gasteiger partial charge in [-0.2, -0.15) is 0 Å². The highest BCUT2D eigenvalue weighted by Crippen LogP contribution is 2.12.